The number of ether oxygens (including phenoxy) is 2. The highest BCUT2D eigenvalue weighted by Crippen LogP contribution is 2.14. The molecule has 0 aromatic heterocycles. The molecule has 4 heteroatoms. The normalized spacial score (nSPS) is 11.1. The topological polar surface area (TPSA) is 61.5 Å². The molecule has 94 valence electrons. The molecule has 0 bridgehead atoms. The third kappa shape index (κ3) is 5.36. The van der Waals surface area contributed by atoms with Gasteiger partial charge in [0, 0.05) is 5.54 Å². The predicted molar refractivity (Wildman–Crippen MR) is 65.7 cm³/mol. The molecule has 0 spiro atoms. The van der Waals surface area contributed by atoms with Gasteiger partial charge in [-0.1, -0.05) is 12.1 Å². The summed E-state index contributed by atoms with van der Waals surface area (Å²) in [6.07, 6.45) is 0.205. The van der Waals surface area contributed by atoms with Crippen LogP contribution in [0.25, 0.3) is 0 Å². The highest BCUT2D eigenvalue weighted by Gasteiger charge is 2.17. The van der Waals surface area contributed by atoms with Crippen molar-refractivity contribution in [3.05, 3.63) is 29.8 Å². The summed E-state index contributed by atoms with van der Waals surface area (Å²) in [6, 6.07) is 7.41. The Morgan fingerprint density at radius 3 is 2.71 bits per heavy atom. The lowest BCUT2D eigenvalue weighted by molar-refractivity contribution is -0.146. The third-order valence-electron chi connectivity index (χ3n) is 2.13. The molecule has 0 atom stereocenters. The van der Waals surface area contributed by atoms with Crippen LogP contribution < -0.4 is 10.5 Å². The lowest BCUT2D eigenvalue weighted by Crippen LogP contribution is -2.35. The Morgan fingerprint density at radius 1 is 1.41 bits per heavy atom. The number of hydrogen-bond acceptors (Lipinski definition) is 4. The zero-order chi connectivity index (χ0) is 12.9. The minimum Gasteiger partial charge on any atom is -0.497 e. The monoisotopic (exact) mass is 237 g/mol. The second kappa shape index (κ2) is 5.68. The van der Waals surface area contributed by atoms with E-state index in [4.69, 9.17) is 15.2 Å². The Kier molecular flexibility index (Phi) is 4.52. The quantitative estimate of drug-likeness (QED) is 0.794. The number of carbonyl (C=O) groups is 1. The van der Waals surface area contributed by atoms with E-state index in [1.54, 1.807) is 21.0 Å². The fourth-order valence-corrected chi connectivity index (χ4v) is 1.35. The van der Waals surface area contributed by atoms with E-state index in [2.05, 4.69) is 0 Å². The molecule has 4 nitrogen and oxygen atoms in total. The molecule has 2 N–H and O–H groups in total. The molecular formula is C13H19NO3. The summed E-state index contributed by atoms with van der Waals surface area (Å²) >= 11 is 0. The third-order valence-corrected chi connectivity index (χ3v) is 2.13. The van der Waals surface area contributed by atoms with Gasteiger partial charge in [-0.2, -0.15) is 0 Å². The van der Waals surface area contributed by atoms with Gasteiger partial charge in [0.1, 0.15) is 12.4 Å². The number of methoxy groups -OCH3 is 1. The standard InChI is InChI=1S/C13H19NO3/c1-13(2,14)8-12(15)17-9-10-5-4-6-11(7-10)16-3/h4-7H,8-9,14H2,1-3H3. The average molecular weight is 237 g/mol. The molecule has 17 heavy (non-hydrogen) atoms. The summed E-state index contributed by atoms with van der Waals surface area (Å²) in [5.74, 6) is 0.457. The van der Waals surface area contributed by atoms with Crippen molar-refractivity contribution in [2.75, 3.05) is 7.11 Å². The number of esters is 1. The van der Waals surface area contributed by atoms with Crippen molar-refractivity contribution in [3.63, 3.8) is 0 Å². The van der Waals surface area contributed by atoms with E-state index in [0.29, 0.717) is 0 Å². The van der Waals surface area contributed by atoms with Crippen LogP contribution in [0.2, 0.25) is 0 Å². The van der Waals surface area contributed by atoms with Gasteiger partial charge in [-0.3, -0.25) is 4.79 Å². The number of hydrogen-bond donors (Lipinski definition) is 1. The van der Waals surface area contributed by atoms with E-state index in [9.17, 15) is 4.79 Å². The van der Waals surface area contributed by atoms with Crippen LogP contribution in [0.1, 0.15) is 25.8 Å². The average Bonchev–Trinajstić information content (AvgIpc) is 2.24. The van der Waals surface area contributed by atoms with Crippen molar-refractivity contribution in [2.45, 2.75) is 32.4 Å². The van der Waals surface area contributed by atoms with Crippen molar-refractivity contribution in [1.82, 2.24) is 0 Å². The fourth-order valence-electron chi connectivity index (χ4n) is 1.35. The summed E-state index contributed by atoms with van der Waals surface area (Å²) in [4.78, 5) is 11.5. The molecule has 0 amide bonds. The Labute approximate surface area is 102 Å². The van der Waals surface area contributed by atoms with Crippen LogP contribution in [0.3, 0.4) is 0 Å². The maximum atomic E-state index is 11.5. The van der Waals surface area contributed by atoms with Crippen LogP contribution in [-0.4, -0.2) is 18.6 Å². The van der Waals surface area contributed by atoms with Gasteiger partial charge >= 0.3 is 5.97 Å². The molecule has 1 aromatic carbocycles. The number of benzene rings is 1. The summed E-state index contributed by atoms with van der Waals surface area (Å²) in [7, 11) is 1.60. The second-order valence-electron chi connectivity index (χ2n) is 4.68. The van der Waals surface area contributed by atoms with Crippen LogP contribution in [0.15, 0.2) is 24.3 Å². The molecule has 1 aromatic rings. The van der Waals surface area contributed by atoms with E-state index < -0.39 is 5.54 Å². The zero-order valence-electron chi connectivity index (χ0n) is 10.5. The lowest BCUT2D eigenvalue weighted by Gasteiger charge is -2.16. The van der Waals surface area contributed by atoms with Gasteiger partial charge in [-0.25, -0.2) is 0 Å². The fraction of sp³-hybridized carbons (Fsp3) is 0.462. The first-order valence-electron chi connectivity index (χ1n) is 5.48. The van der Waals surface area contributed by atoms with Gasteiger partial charge in [0.2, 0.25) is 0 Å². The van der Waals surface area contributed by atoms with E-state index in [1.165, 1.54) is 0 Å². The molecule has 0 saturated carbocycles. The highest BCUT2D eigenvalue weighted by atomic mass is 16.5. The molecule has 0 fully saturated rings. The van der Waals surface area contributed by atoms with Crippen LogP contribution >= 0.6 is 0 Å². The molecule has 1 rings (SSSR count). The van der Waals surface area contributed by atoms with Crippen molar-refractivity contribution >= 4 is 5.97 Å². The lowest BCUT2D eigenvalue weighted by atomic mass is 10.0. The maximum Gasteiger partial charge on any atom is 0.307 e. The Hall–Kier alpha value is -1.55. The van der Waals surface area contributed by atoms with Crippen molar-refractivity contribution in [3.8, 4) is 5.75 Å². The SMILES string of the molecule is COc1cccc(COC(=O)CC(C)(C)N)c1. The van der Waals surface area contributed by atoms with Crippen LogP contribution in [0.4, 0.5) is 0 Å². The summed E-state index contributed by atoms with van der Waals surface area (Å²) in [5, 5.41) is 0. The van der Waals surface area contributed by atoms with Crippen molar-refractivity contribution in [2.24, 2.45) is 5.73 Å². The van der Waals surface area contributed by atoms with E-state index in [0.717, 1.165) is 11.3 Å². The zero-order valence-corrected chi connectivity index (χ0v) is 10.5. The smallest absolute Gasteiger partial charge is 0.307 e. The molecule has 0 unspecified atom stereocenters. The minimum absolute atomic E-state index is 0.205. The van der Waals surface area contributed by atoms with Gasteiger partial charge in [0.25, 0.3) is 0 Å². The molecule has 0 saturated heterocycles. The minimum atomic E-state index is -0.536. The first kappa shape index (κ1) is 13.5. The molecule has 0 heterocycles. The largest absolute Gasteiger partial charge is 0.497 e. The van der Waals surface area contributed by atoms with Crippen molar-refractivity contribution in [1.29, 1.82) is 0 Å². The van der Waals surface area contributed by atoms with Crippen LogP contribution in [0, 0.1) is 0 Å². The van der Waals surface area contributed by atoms with E-state index >= 15 is 0 Å². The predicted octanol–water partition coefficient (Wildman–Crippen LogP) is 1.87. The Balaban J connectivity index is 2.47. The number of nitrogens with two attached hydrogens (primary N) is 1. The van der Waals surface area contributed by atoms with Crippen molar-refractivity contribution < 1.29 is 14.3 Å². The van der Waals surface area contributed by atoms with Gasteiger partial charge in [0.05, 0.1) is 13.5 Å². The Morgan fingerprint density at radius 2 is 2.12 bits per heavy atom. The molecule has 0 aliphatic heterocycles. The van der Waals surface area contributed by atoms with Gasteiger partial charge in [-0.05, 0) is 31.5 Å². The van der Waals surface area contributed by atoms with E-state index in [1.807, 2.05) is 24.3 Å². The number of rotatable bonds is 5. The van der Waals surface area contributed by atoms with E-state index in [-0.39, 0.29) is 19.0 Å². The van der Waals surface area contributed by atoms with Gasteiger partial charge in [0.15, 0.2) is 0 Å². The maximum absolute atomic E-state index is 11.5. The van der Waals surface area contributed by atoms with Gasteiger partial charge in [-0.15, -0.1) is 0 Å². The summed E-state index contributed by atoms with van der Waals surface area (Å²) in [5.41, 5.74) is 6.09. The van der Waals surface area contributed by atoms with Gasteiger partial charge < -0.3 is 15.2 Å². The first-order valence-corrected chi connectivity index (χ1v) is 5.48. The molecule has 0 aliphatic carbocycles. The van der Waals surface area contributed by atoms with Crippen LogP contribution in [-0.2, 0) is 16.1 Å². The van der Waals surface area contributed by atoms with Crippen LogP contribution in [0.5, 0.6) is 5.75 Å². The first-order chi connectivity index (χ1) is 7.90. The molecule has 0 aliphatic rings. The summed E-state index contributed by atoms with van der Waals surface area (Å²) < 4.78 is 10.2. The second-order valence-corrected chi connectivity index (χ2v) is 4.68. The molecular weight excluding hydrogens is 218 g/mol. The number of carbonyl (C=O) groups excluding carboxylic acids is 1. The summed E-state index contributed by atoms with van der Waals surface area (Å²) in [6.45, 7) is 3.83. The Bertz CT molecular complexity index is 382. The highest BCUT2D eigenvalue weighted by molar-refractivity contribution is 5.70. The molecule has 0 radical (unpaired) electrons.